The smallest absolute Gasteiger partial charge is 0.252 e. The van der Waals surface area contributed by atoms with Gasteiger partial charge in [0.15, 0.2) is 0 Å². The summed E-state index contributed by atoms with van der Waals surface area (Å²) in [4.78, 5) is 21.3. The highest BCUT2D eigenvalue weighted by atomic mass is 35.5. The van der Waals surface area contributed by atoms with E-state index in [4.69, 9.17) is 22.1 Å². The molecule has 0 bridgehead atoms. The van der Waals surface area contributed by atoms with Gasteiger partial charge < -0.3 is 10.5 Å². The highest BCUT2D eigenvalue weighted by Crippen LogP contribution is 2.34. The molecule has 0 spiro atoms. The fourth-order valence-electron chi connectivity index (χ4n) is 4.67. The quantitative estimate of drug-likeness (QED) is 0.311. The van der Waals surface area contributed by atoms with E-state index in [1.807, 2.05) is 29.6 Å². The number of amides is 1. The molecule has 1 fully saturated rings. The second-order valence-corrected chi connectivity index (χ2v) is 10.3. The third-order valence-electron chi connectivity index (χ3n) is 6.63. The minimum absolute atomic E-state index is 0.386. The highest BCUT2D eigenvalue weighted by molar-refractivity contribution is 7.13. The molecule has 1 aromatic heterocycles. The average molecular weight is 533 g/mol. The van der Waals surface area contributed by atoms with Crippen LogP contribution in [0.3, 0.4) is 0 Å². The number of carbonyl (C=O) groups excluding carboxylic acids is 1. The molecule has 37 heavy (non-hydrogen) atoms. The number of rotatable bonds is 9. The van der Waals surface area contributed by atoms with Crippen molar-refractivity contribution in [3.63, 3.8) is 0 Å². The molecule has 0 atom stereocenters. The number of halogens is 1. The van der Waals surface area contributed by atoms with E-state index < -0.39 is 5.91 Å². The van der Waals surface area contributed by atoms with Crippen LogP contribution in [0.4, 0.5) is 0 Å². The molecule has 0 aliphatic carbocycles. The van der Waals surface area contributed by atoms with Crippen molar-refractivity contribution in [3.8, 4) is 27.4 Å². The van der Waals surface area contributed by atoms with Crippen LogP contribution in [-0.4, -0.2) is 60.0 Å². The van der Waals surface area contributed by atoms with Gasteiger partial charge in [0, 0.05) is 55.9 Å². The molecule has 1 aliphatic heterocycles. The molecule has 2 N–H and O–H groups in total. The molecule has 0 radical (unpaired) electrons. The van der Waals surface area contributed by atoms with Crippen molar-refractivity contribution in [1.29, 1.82) is 0 Å². The normalized spacial score (nSPS) is 14.5. The van der Waals surface area contributed by atoms with Gasteiger partial charge in [0.05, 0.1) is 11.1 Å². The molecule has 4 aromatic rings. The Morgan fingerprint density at radius 2 is 1.68 bits per heavy atom. The van der Waals surface area contributed by atoms with Gasteiger partial charge in [-0.2, -0.15) is 0 Å². The summed E-state index contributed by atoms with van der Waals surface area (Å²) in [6.45, 7) is 6.05. The molecular weight excluding hydrogens is 504 g/mol. The van der Waals surface area contributed by atoms with E-state index in [2.05, 4.69) is 51.2 Å². The Balaban J connectivity index is 1.17. The van der Waals surface area contributed by atoms with E-state index in [9.17, 15) is 4.79 Å². The molecule has 8 heteroatoms. The standard InChI is InChI=1S/C29H29ClN4O2S/c30-23-10-8-21(9-11-23)24-5-2-1-4-22(24)20-34-15-13-33(14-16-34)17-18-36-27-25(28(31)35)6-3-7-26(27)29-32-12-19-37-29/h1-12,19H,13-18,20H2,(H2,31,35). The molecule has 5 rings (SSSR count). The van der Waals surface area contributed by atoms with Gasteiger partial charge in [-0.15, -0.1) is 11.3 Å². The van der Waals surface area contributed by atoms with Crippen molar-refractivity contribution in [2.75, 3.05) is 39.3 Å². The van der Waals surface area contributed by atoms with E-state index in [-0.39, 0.29) is 0 Å². The minimum atomic E-state index is -0.499. The second kappa shape index (κ2) is 11.9. The number of carbonyl (C=O) groups is 1. The van der Waals surface area contributed by atoms with Crippen LogP contribution in [-0.2, 0) is 6.54 Å². The first-order valence-electron chi connectivity index (χ1n) is 12.3. The molecule has 1 saturated heterocycles. The number of hydrogen-bond donors (Lipinski definition) is 1. The van der Waals surface area contributed by atoms with Crippen molar-refractivity contribution >= 4 is 28.8 Å². The van der Waals surface area contributed by atoms with Crippen molar-refractivity contribution in [2.24, 2.45) is 5.73 Å². The lowest BCUT2D eigenvalue weighted by Gasteiger charge is -2.35. The number of nitrogens with zero attached hydrogens (tertiary/aromatic N) is 3. The van der Waals surface area contributed by atoms with Gasteiger partial charge in [0.1, 0.15) is 17.4 Å². The first kappa shape index (κ1) is 25.4. The topological polar surface area (TPSA) is 71.7 Å². The summed E-state index contributed by atoms with van der Waals surface area (Å²) in [6.07, 6.45) is 1.74. The minimum Gasteiger partial charge on any atom is -0.491 e. The number of ether oxygens (including phenoxy) is 1. The fraction of sp³-hybridized carbons (Fsp3) is 0.241. The Kier molecular flexibility index (Phi) is 8.16. The van der Waals surface area contributed by atoms with E-state index in [0.29, 0.717) is 17.9 Å². The van der Waals surface area contributed by atoms with Crippen LogP contribution in [0, 0.1) is 0 Å². The van der Waals surface area contributed by atoms with Crippen LogP contribution in [0.2, 0.25) is 5.02 Å². The van der Waals surface area contributed by atoms with Crippen LogP contribution >= 0.6 is 22.9 Å². The molecule has 0 saturated carbocycles. The monoisotopic (exact) mass is 532 g/mol. The van der Waals surface area contributed by atoms with Gasteiger partial charge in [-0.25, -0.2) is 4.98 Å². The summed E-state index contributed by atoms with van der Waals surface area (Å²) in [5.74, 6) is 0.0169. The Morgan fingerprint density at radius 3 is 2.41 bits per heavy atom. The average Bonchev–Trinajstić information content (AvgIpc) is 3.45. The number of piperazine rings is 1. The summed E-state index contributed by atoms with van der Waals surface area (Å²) >= 11 is 7.60. The third kappa shape index (κ3) is 6.19. The van der Waals surface area contributed by atoms with Gasteiger partial charge in [0.2, 0.25) is 0 Å². The highest BCUT2D eigenvalue weighted by Gasteiger charge is 2.20. The van der Waals surface area contributed by atoms with Gasteiger partial charge >= 0.3 is 0 Å². The number of para-hydroxylation sites is 1. The molecule has 2 heterocycles. The zero-order valence-corrected chi connectivity index (χ0v) is 22.0. The first-order valence-corrected chi connectivity index (χ1v) is 13.6. The van der Waals surface area contributed by atoms with Gasteiger partial charge in [-0.1, -0.05) is 54.1 Å². The predicted molar refractivity (Wildman–Crippen MR) is 150 cm³/mol. The molecule has 1 aliphatic rings. The Morgan fingerprint density at radius 1 is 0.946 bits per heavy atom. The summed E-state index contributed by atoms with van der Waals surface area (Å²) in [5.41, 5.74) is 10.6. The Bertz CT molecular complexity index is 1340. The molecule has 1 amide bonds. The SMILES string of the molecule is NC(=O)c1cccc(-c2nccs2)c1OCCN1CCN(Cc2ccccc2-c2ccc(Cl)cc2)CC1. The predicted octanol–water partition coefficient (Wildman–Crippen LogP) is 5.43. The summed E-state index contributed by atoms with van der Waals surface area (Å²) < 4.78 is 6.15. The lowest BCUT2D eigenvalue weighted by molar-refractivity contribution is 0.0990. The van der Waals surface area contributed by atoms with Crippen molar-refractivity contribution in [1.82, 2.24) is 14.8 Å². The first-order chi connectivity index (χ1) is 18.1. The van der Waals surface area contributed by atoms with Gasteiger partial charge in [-0.05, 0) is 41.0 Å². The third-order valence-corrected chi connectivity index (χ3v) is 7.69. The summed E-state index contributed by atoms with van der Waals surface area (Å²) in [6, 6.07) is 22.0. The van der Waals surface area contributed by atoms with Crippen LogP contribution in [0.1, 0.15) is 15.9 Å². The Hall–Kier alpha value is -3.23. The van der Waals surface area contributed by atoms with Crippen LogP contribution in [0.25, 0.3) is 21.7 Å². The molecular formula is C29H29ClN4O2S. The van der Waals surface area contributed by atoms with Crippen molar-refractivity contribution < 1.29 is 9.53 Å². The van der Waals surface area contributed by atoms with Crippen molar-refractivity contribution in [3.05, 3.63) is 94.5 Å². The maximum absolute atomic E-state index is 12.0. The largest absolute Gasteiger partial charge is 0.491 e. The van der Waals surface area contributed by atoms with Crippen molar-refractivity contribution in [2.45, 2.75) is 6.54 Å². The lowest BCUT2D eigenvalue weighted by atomic mass is 9.99. The van der Waals surface area contributed by atoms with Crippen LogP contribution in [0.5, 0.6) is 5.75 Å². The number of hydrogen-bond acceptors (Lipinski definition) is 6. The molecule has 0 unspecified atom stereocenters. The van der Waals surface area contributed by atoms with Gasteiger partial charge in [0.25, 0.3) is 5.91 Å². The Labute approximate surface area is 226 Å². The zero-order valence-electron chi connectivity index (χ0n) is 20.5. The number of nitrogens with two attached hydrogens (primary N) is 1. The maximum Gasteiger partial charge on any atom is 0.252 e. The molecule has 6 nitrogen and oxygen atoms in total. The molecule has 3 aromatic carbocycles. The van der Waals surface area contributed by atoms with E-state index in [1.54, 1.807) is 12.3 Å². The number of benzene rings is 3. The lowest BCUT2D eigenvalue weighted by Crippen LogP contribution is -2.47. The maximum atomic E-state index is 12.0. The second-order valence-electron chi connectivity index (χ2n) is 9.01. The fourth-order valence-corrected chi connectivity index (χ4v) is 5.46. The number of aromatic nitrogens is 1. The van der Waals surface area contributed by atoms with Crippen LogP contribution in [0.15, 0.2) is 78.3 Å². The summed E-state index contributed by atoms with van der Waals surface area (Å²) in [7, 11) is 0. The number of thiazole rings is 1. The van der Waals surface area contributed by atoms with Gasteiger partial charge in [-0.3, -0.25) is 14.6 Å². The van der Waals surface area contributed by atoms with Crippen LogP contribution < -0.4 is 10.5 Å². The van der Waals surface area contributed by atoms with E-state index in [1.165, 1.54) is 28.0 Å². The summed E-state index contributed by atoms with van der Waals surface area (Å²) in [5, 5.41) is 3.47. The zero-order chi connectivity index (χ0) is 25.6. The van der Waals surface area contributed by atoms with E-state index >= 15 is 0 Å². The molecule has 190 valence electrons. The van der Waals surface area contributed by atoms with E-state index in [0.717, 1.165) is 54.9 Å². The number of primary amides is 1.